The predicted octanol–water partition coefficient (Wildman–Crippen LogP) is 4.11. The van der Waals surface area contributed by atoms with Crippen molar-refractivity contribution >= 4 is 34.6 Å². The number of aliphatic imine (C=N–C) groups is 1. The molecule has 0 amide bonds. The normalized spacial score (nSPS) is 9.67. The Bertz CT molecular complexity index is 294. The van der Waals surface area contributed by atoms with Crippen molar-refractivity contribution < 1.29 is 0 Å². The summed E-state index contributed by atoms with van der Waals surface area (Å²) in [6, 6.07) is 5.35. The molecule has 0 heterocycles. The van der Waals surface area contributed by atoms with Crippen LogP contribution < -0.4 is 0 Å². The number of para-hydroxylation sites is 1. The molecule has 64 valence electrons. The Morgan fingerprint density at radius 3 is 2.08 bits per heavy atom. The highest BCUT2D eigenvalue weighted by Crippen LogP contribution is 2.32. The van der Waals surface area contributed by atoms with E-state index in [0.29, 0.717) is 15.7 Å². The zero-order valence-electron chi connectivity index (χ0n) is 6.94. The van der Waals surface area contributed by atoms with Crippen molar-refractivity contribution in [2.24, 2.45) is 4.99 Å². The first-order valence-electron chi connectivity index (χ1n) is 3.57. The van der Waals surface area contributed by atoms with Crippen LogP contribution in [0.3, 0.4) is 0 Å². The molecule has 0 aliphatic heterocycles. The number of rotatable bonds is 1. The largest absolute Gasteiger partial charge is 0.255 e. The molecule has 1 aromatic carbocycles. The Labute approximate surface area is 82.0 Å². The standard InChI is InChI=1S/C9H9Cl2N/c1-6(2)12-9-7(10)4-3-5-8(9)11/h3-5H,1-2H3. The van der Waals surface area contributed by atoms with E-state index in [1.807, 2.05) is 13.8 Å². The number of benzene rings is 1. The summed E-state index contributed by atoms with van der Waals surface area (Å²) < 4.78 is 0. The van der Waals surface area contributed by atoms with Crippen LogP contribution in [-0.4, -0.2) is 5.71 Å². The van der Waals surface area contributed by atoms with E-state index in [9.17, 15) is 0 Å². The van der Waals surface area contributed by atoms with Crippen molar-refractivity contribution in [3.63, 3.8) is 0 Å². The highest BCUT2D eigenvalue weighted by atomic mass is 35.5. The number of nitrogens with zero attached hydrogens (tertiary/aromatic N) is 1. The highest BCUT2D eigenvalue weighted by Gasteiger charge is 2.02. The third kappa shape index (κ3) is 2.23. The average Bonchev–Trinajstić information content (AvgIpc) is 1.97. The van der Waals surface area contributed by atoms with E-state index in [2.05, 4.69) is 4.99 Å². The van der Waals surface area contributed by atoms with Gasteiger partial charge in [0.25, 0.3) is 0 Å². The molecule has 12 heavy (non-hydrogen) atoms. The van der Waals surface area contributed by atoms with E-state index in [0.717, 1.165) is 5.71 Å². The zero-order chi connectivity index (χ0) is 9.14. The maximum Gasteiger partial charge on any atom is 0.100 e. The van der Waals surface area contributed by atoms with Gasteiger partial charge in [-0.05, 0) is 26.0 Å². The van der Waals surface area contributed by atoms with Crippen molar-refractivity contribution in [1.29, 1.82) is 0 Å². The monoisotopic (exact) mass is 201 g/mol. The smallest absolute Gasteiger partial charge is 0.100 e. The average molecular weight is 202 g/mol. The molecular weight excluding hydrogens is 193 g/mol. The van der Waals surface area contributed by atoms with Crippen molar-refractivity contribution in [2.75, 3.05) is 0 Å². The van der Waals surface area contributed by atoms with Crippen LogP contribution in [0.1, 0.15) is 13.8 Å². The molecule has 0 bridgehead atoms. The molecule has 1 nitrogen and oxygen atoms in total. The molecule has 0 aromatic heterocycles. The Hall–Kier alpha value is -0.530. The van der Waals surface area contributed by atoms with Gasteiger partial charge in [-0.1, -0.05) is 29.3 Å². The maximum absolute atomic E-state index is 5.88. The van der Waals surface area contributed by atoms with Gasteiger partial charge in [0, 0.05) is 5.71 Å². The second-order valence-electron chi connectivity index (χ2n) is 2.63. The van der Waals surface area contributed by atoms with Gasteiger partial charge in [0.15, 0.2) is 0 Å². The van der Waals surface area contributed by atoms with E-state index in [4.69, 9.17) is 23.2 Å². The minimum atomic E-state index is 0.587. The van der Waals surface area contributed by atoms with Gasteiger partial charge in [0.2, 0.25) is 0 Å². The van der Waals surface area contributed by atoms with E-state index in [1.165, 1.54) is 0 Å². The number of hydrogen-bond acceptors (Lipinski definition) is 1. The second-order valence-corrected chi connectivity index (χ2v) is 3.44. The summed E-state index contributed by atoms with van der Waals surface area (Å²) in [6.45, 7) is 3.80. The molecule has 3 heteroatoms. The Kier molecular flexibility index (Phi) is 3.12. The topological polar surface area (TPSA) is 12.4 Å². The first kappa shape index (κ1) is 9.56. The predicted molar refractivity (Wildman–Crippen MR) is 54.9 cm³/mol. The molecule has 0 fully saturated rings. The lowest BCUT2D eigenvalue weighted by Gasteiger charge is -2.00. The molecule has 0 aliphatic rings. The van der Waals surface area contributed by atoms with Gasteiger partial charge in [0.05, 0.1) is 10.0 Å². The van der Waals surface area contributed by atoms with Crippen LogP contribution in [0.5, 0.6) is 0 Å². The summed E-state index contributed by atoms with van der Waals surface area (Å²) in [5.41, 5.74) is 1.59. The highest BCUT2D eigenvalue weighted by molar-refractivity contribution is 6.38. The molecular formula is C9H9Cl2N. The molecule has 0 N–H and O–H groups in total. The van der Waals surface area contributed by atoms with Crippen molar-refractivity contribution in [1.82, 2.24) is 0 Å². The molecule has 0 spiro atoms. The number of halogens is 2. The first-order valence-corrected chi connectivity index (χ1v) is 4.33. The summed E-state index contributed by atoms with van der Waals surface area (Å²) in [5.74, 6) is 0. The summed E-state index contributed by atoms with van der Waals surface area (Å²) in [4.78, 5) is 4.21. The van der Waals surface area contributed by atoms with E-state index >= 15 is 0 Å². The van der Waals surface area contributed by atoms with Crippen LogP contribution in [0.2, 0.25) is 10.0 Å². The van der Waals surface area contributed by atoms with Crippen LogP contribution in [0.4, 0.5) is 5.69 Å². The van der Waals surface area contributed by atoms with Crippen LogP contribution in [-0.2, 0) is 0 Å². The minimum absolute atomic E-state index is 0.587. The molecule has 0 aliphatic carbocycles. The van der Waals surface area contributed by atoms with Crippen molar-refractivity contribution in [2.45, 2.75) is 13.8 Å². The minimum Gasteiger partial charge on any atom is -0.255 e. The quantitative estimate of drug-likeness (QED) is 0.607. The molecule has 0 saturated heterocycles. The molecule has 0 unspecified atom stereocenters. The molecule has 1 aromatic rings. The fourth-order valence-corrected chi connectivity index (χ4v) is 1.30. The van der Waals surface area contributed by atoms with Crippen LogP contribution in [0.15, 0.2) is 23.2 Å². The lowest BCUT2D eigenvalue weighted by Crippen LogP contribution is -1.79. The van der Waals surface area contributed by atoms with Crippen LogP contribution >= 0.6 is 23.2 Å². The molecule has 0 saturated carbocycles. The molecule has 0 atom stereocenters. The molecule has 1 rings (SSSR count). The van der Waals surface area contributed by atoms with Gasteiger partial charge in [-0.2, -0.15) is 0 Å². The summed E-state index contributed by atoms with van der Waals surface area (Å²) in [6.07, 6.45) is 0. The van der Waals surface area contributed by atoms with Gasteiger partial charge < -0.3 is 0 Å². The fraction of sp³-hybridized carbons (Fsp3) is 0.222. The van der Waals surface area contributed by atoms with Crippen LogP contribution in [0, 0.1) is 0 Å². The van der Waals surface area contributed by atoms with Crippen LogP contribution in [0.25, 0.3) is 0 Å². The second kappa shape index (κ2) is 3.92. The van der Waals surface area contributed by atoms with Crippen molar-refractivity contribution in [3.05, 3.63) is 28.2 Å². The third-order valence-electron chi connectivity index (χ3n) is 1.27. The van der Waals surface area contributed by atoms with E-state index < -0.39 is 0 Å². The fourth-order valence-electron chi connectivity index (χ4n) is 0.819. The number of hydrogen-bond donors (Lipinski definition) is 0. The van der Waals surface area contributed by atoms with E-state index in [-0.39, 0.29) is 0 Å². The summed E-state index contributed by atoms with van der Waals surface area (Å²) in [7, 11) is 0. The van der Waals surface area contributed by atoms with Gasteiger partial charge >= 0.3 is 0 Å². The van der Waals surface area contributed by atoms with Crippen molar-refractivity contribution in [3.8, 4) is 0 Å². The first-order chi connectivity index (χ1) is 5.61. The Balaban J connectivity index is 3.22. The Morgan fingerprint density at radius 2 is 1.67 bits per heavy atom. The van der Waals surface area contributed by atoms with E-state index in [1.54, 1.807) is 18.2 Å². The zero-order valence-corrected chi connectivity index (χ0v) is 8.45. The van der Waals surface area contributed by atoms with Gasteiger partial charge in [0.1, 0.15) is 5.69 Å². The van der Waals surface area contributed by atoms with Gasteiger partial charge in [-0.3, -0.25) is 4.99 Å². The molecule has 0 radical (unpaired) electrons. The lowest BCUT2D eigenvalue weighted by atomic mass is 10.3. The maximum atomic E-state index is 5.88. The third-order valence-corrected chi connectivity index (χ3v) is 1.88. The Morgan fingerprint density at radius 1 is 1.17 bits per heavy atom. The lowest BCUT2D eigenvalue weighted by molar-refractivity contribution is 1.47. The van der Waals surface area contributed by atoms with Gasteiger partial charge in [-0.15, -0.1) is 0 Å². The summed E-state index contributed by atoms with van der Waals surface area (Å²) in [5, 5.41) is 1.17. The SMILES string of the molecule is CC(C)=Nc1c(Cl)cccc1Cl. The van der Waals surface area contributed by atoms with Gasteiger partial charge in [-0.25, -0.2) is 0 Å². The summed E-state index contributed by atoms with van der Waals surface area (Å²) >= 11 is 11.8.